The molecule has 1 aliphatic heterocycles. The number of nitriles is 1. The first-order valence-corrected chi connectivity index (χ1v) is 7.41. The summed E-state index contributed by atoms with van der Waals surface area (Å²) in [5.74, 6) is 0.129. The van der Waals surface area contributed by atoms with Gasteiger partial charge in [-0.3, -0.25) is 4.79 Å². The third-order valence-electron chi connectivity index (χ3n) is 5.61. The van der Waals surface area contributed by atoms with Gasteiger partial charge in [0.1, 0.15) is 5.41 Å². The number of rotatable bonds is 1. The Balaban J connectivity index is 1.63. The predicted molar refractivity (Wildman–Crippen MR) is 68.6 cm³/mol. The van der Waals surface area contributed by atoms with E-state index >= 15 is 0 Å². The lowest BCUT2D eigenvalue weighted by Crippen LogP contribution is -2.51. The second kappa shape index (κ2) is 4.26. The second-order valence-corrected chi connectivity index (χ2v) is 6.55. The highest BCUT2D eigenvalue weighted by Crippen LogP contribution is 2.48. The fourth-order valence-corrected chi connectivity index (χ4v) is 4.02. The number of hydrogen-bond donors (Lipinski definition) is 0. The van der Waals surface area contributed by atoms with Crippen LogP contribution in [-0.4, -0.2) is 23.9 Å². The summed E-state index contributed by atoms with van der Waals surface area (Å²) in [7, 11) is 0. The summed E-state index contributed by atoms with van der Waals surface area (Å²) in [6.07, 6.45) is 10.4. The van der Waals surface area contributed by atoms with Gasteiger partial charge in [-0.2, -0.15) is 5.26 Å². The molecule has 0 aromatic carbocycles. The highest BCUT2D eigenvalue weighted by atomic mass is 16.2. The Morgan fingerprint density at radius 1 is 0.944 bits per heavy atom. The van der Waals surface area contributed by atoms with Crippen LogP contribution < -0.4 is 0 Å². The van der Waals surface area contributed by atoms with Gasteiger partial charge in [0.2, 0.25) is 5.91 Å². The van der Waals surface area contributed by atoms with Gasteiger partial charge >= 0.3 is 0 Å². The molecule has 0 aromatic rings. The van der Waals surface area contributed by atoms with Crippen LogP contribution in [0.3, 0.4) is 0 Å². The lowest BCUT2D eigenvalue weighted by molar-refractivity contribution is -0.145. The SMILES string of the molecule is N#CC1(C(=O)N2CCC3(CCCC3)CC2)CCC1. The Hall–Kier alpha value is -1.04. The molecule has 3 nitrogen and oxygen atoms in total. The number of hydrogen-bond acceptors (Lipinski definition) is 2. The molecule has 1 heterocycles. The number of carbonyl (C=O) groups is 1. The summed E-state index contributed by atoms with van der Waals surface area (Å²) in [5.41, 5.74) is -0.0869. The molecule has 0 N–H and O–H groups in total. The maximum Gasteiger partial charge on any atom is 0.243 e. The fourth-order valence-electron chi connectivity index (χ4n) is 4.02. The normalized spacial score (nSPS) is 28.7. The molecule has 0 atom stereocenters. The molecule has 3 fully saturated rings. The first-order valence-electron chi connectivity index (χ1n) is 7.41. The van der Waals surface area contributed by atoms with Crippen LogP contribution in [0.1, 0.15) is 57.8 Å². The molecule has 0 unspecified atom stereocenters. The number of piperidine rings is 1. The number of amides is 1. The molecule has 1 amide bonds. The van der Waals surface area contributed by atoms with Crippen molar-refractivity contribution in [3.63, 3.8) is 0 Å². The summed E-state index contributed by atoms with van der Waals surface area (Å²) in [6, 6.07) is 2.28. The zero-order valence-corrected chi connectivity index (χ0v) is 11.1. The van der Waals surface area contributed by atoms with Gasteiger partial charge in [-0.25, -0.2) is 0 Å². The Morgan fingerprint density at radius 3 is 2.00 bits per heavy atom. The van der Waals surface area contributed by atoms with Crippen molar-refractivity contribution in [2.45, 2.75) is 57.8 Å². The van der Waals surface area contributed by atoms with Crippen LogP contribution in [0, 0.1) is 22.2 Å². The molecule has 3 aliphatic rings. The van der Waals surface area contributed by atoms with Gasteiger partial charge < -0.3 is 4.90 Å². The highest BCUT2D eigenvalue weighted by Gasteiger charge is 2.48. The molecule has 2 aliphatic carbocycles. The van der Waals surface area contributed by atoms with Crippen LogP contribution in [0.15, 0.2) is 0 Å². The summed E-state index contributed by atoms with van der Waals surface area (Å²) < 4.78 is 0. The zero-order chi connectivity index (χ0) is 12.6. The average molecular weight is 246 g/mol. The molecular weight excluding hydrogens is 224 g/mol. The van der Waals surface area contributed by atoms with Crippen LogP contribution in [0.4, 0.5) is 0 Å². The van der Waals surface area contributed by atoms with Crippen molar-refractivity contribution < 1.29 is 4.79 Å². The molecule has 3 heteroatoms. The van der Waals surface area contributed by atoms with Gasteiger partial charge in [-0.1, -0.05) is 12.8 Å². The minimum atomic E-state index is -0.639. The Kier molecular flexibility index (Phi) is 2.84. The van der Waals surface area contributed by atoms with Crippen LogP contribution >= 0.6 is 0 Å². The molecule has 1 saturated heterocycles. The molecule has 98 valence electrons. The summed E-state index contributed by atoms with van der Waals surface area (Å²) in [4.78, 5) is 14.4. The van der Waals surface area contributed by atoms with Gasteiger partial charge in [-0.05, 0) is 50.4 Å². The van der Waals surface area contributed by atoms with E-state index in [1.54, 1.807) is 0 Å². The van der Waals surface area contributed by atoms with E-state index in [1.807, 2.05) is 4.90 Å². The number of carbonyl (C=O) groups excluding carboxylic acids is 1. The largest absolute Gasteiger partial charge is 0.341 e. The van der Waals surface area contributed by atoms with E-state index < -0.39 is 5.41 Å². The zero-order valence-electron chi connectivity index (χ0n) is 11.1. The van der Waals surface area contributed by atoms with E-state index in [4.69, 9.17) is 0 Å². The lowest BCUT2D eigenvalue weighted by Gasteiger charge is -2.44. The second-order valence-electron chi connectivity index (χ2n) is 6.55. The van der Waals surface area contributed by atoms with E-state index in [0.717, 1.165) is 32.4 Å². The molecular formula is C15H22N2O. The van der Waals surface area contributed by atoms with E-state index in [1.165, 1.54) is 38.5 Å². The molecule has 1 spiro atoms. The van der Waals surface area contributed by atoms with Crippen LogP contribution in [0.5, 0.6) is 0 Å². The van der Waals surface area contributed by atoms with Crippen LogP contribution in [0.2, 0.25) is 0 Å². The number of likely N-dealkylation sites (tertiary alicyclic amines) is 1. The summed E-state index contributed by atoms with van der Waals surface area (Å²) >= 11 is 0. The van der Waals surface area contributed by atoms with Gasteiger partial charge in [0.25, 0.3) is 0 Å². The predicted octanol–water partition coefficient (Wildman–Crippen LogP) is 2.86. The lowest BCUT2D eigenvalue weighted by atomic mass is 9.68. The van der Waals surface area contributed by atoms with E-state index in [0.29, 0.717) is 5.41 Å². The maximum atomic E-state index is 12.4. The minimum Gasteiger partial charge on any atom is -0.341 e. The third-order valence-corrected chi connectivity index (χ3v) is 5.61. The smallest absolute Gasteiger partial charge is 0.243 e. The molecule has 0 bridgehead atoms. The van der Waals surface area contributed by atoms with Crippen molar-refractivity contribution in [1.29, 1.82) is 5.26 Å². The summed E-state index contributed by atoms with van der Waals surface area (Å²) in [5, 5.41) is 9.25. The van der Waals surface area contributed by atoms with Gasteiger partial charge in [-0.15, -0.1) is 0 Å². The first kappa shape index (κ1) is 12.0. The van der Waals surface area contributed by atoms with Crippen molar-refractivity contribution in [3.8, 4) is 6.07 Å². The molecule has 0 radical (unpaired) electrons. The third kappa shape index (κ3) is 1.74. The van der Waals surface area contributed by atoms with E-state index in [2.05, 4.69) is 6.07 Å². The molecule has 3 rings (SSSR count). The topological polar surface area (TPSA) is 44.1 Å². The van der Waals surface area contributed by atoms with E-state index in [-0.39, 0.29) is 5.91 Å². The van der Waals surface area contributed by atoms with Gasteiger partial charge in [0.05, 0.1) is 6.07 Å². The Morgan fingerprint density at radius 2 is 1.56 bits per heavy atom. The standard InChI is InChI=1S/C15H22N2O/c16-12-15(6-3-7-15)13(18)17-10-8-14(9-11-17)4-1-2-5-14/h1-11H2. The molecule has 2 saturated carbocycles. The fraction of sp³-hybridized carbons (Fsp3) is 0.867. The monoisotopic (exact) mass is 246 g/mol. The van der Waals surface area contributed by atoms with Crippen LogP contribution in [0.25, 0.3) is 0 Å². The molecule has 0 aromatic heterocycles. The van der Waals surface area contributed by atoms with Crippen molar-refractivity contribution >= 4 is 5.91 Å². The van der Waals surface area contributed by atoms with Gasteiger partial charge in [0, 0.05) is 13.1 Å². The van der Waals surface area contributed by atoms with Crippen LogP contribution in [-0.2, 0) is 4.79 Å². The first-order chi connectivity index (χ1) is 8.70. The number of nitrogens with zero attached hydrogens (tertiary/aromatic N) is 2. The molecule has 18 heavy (non-hydrogen) atoms. The van der Waals surface area contributed by atoms with Crippen molar-refractivity contribution in [1.82, 2.24) is 4.90 Å². The maximum absolute atomic E-state index is 12.4. The Labute approximate surface area is 109 Å². The quantitative estimate of drug-likeness (QED) is 0.714. The van der Waals surface area contributed by atoms with Crippen molar-refractivity contribution in [3.05, 3.63) is 0 Å². The highest BCUT2D eigenvalue weighted by molar-refractivity contribution is 5.86. The minimum absolute atomic E-state index is 0.129. The van der Waals surface area contributed by atoms with Crippen molar-refractivity contribution in [2.24, 2.45) is 10.8 Å². The Bertz CT molecular complexity index is 376. The van der Waals surface area contributed by atoms with Crippen molar-refractivity contribution in [2.75, 3.05) is 13.1 Å². The average Bonchev–Trinajstić information content (AvgIpc) is 2.78. The van der Waals surface area contributed by atoms with Gasteiger partial charge in [0.15, 0.2) is 0 Å². The van der Waals surface area contributed by atoms with E-state index in [9.17, 15) is 10.1 Å². The summed E-state index contributed by atoms with van der Waals surface area (Å²) in [6.45, 7) is 1.78.